The molecule has 0 amide bonds. The summed E-state index contributed by atoms with van der Waals surface area (Å²) < 4.78 is 6.89. The van der Waals surface area contributed by atoms with Gasteiger partial charge in [0.15, 0.2) is 0 Å². The van der Waals surface area contributed by atoms with E-state index in [-0.39, 0.29) is 18.1 Å². The maximum atomic E-state index is 10.6. The number of nitrogens with one attached hydrogen (secondary N) is 2. The molecule has 0 atom stereocenters. The Balaban J connectivity index is 0.00000261. The number of nitrogens with zero attached hydrogens (tertiary/aromatic N) is 1. The minimum Gasteiger partial charge on any atom is -0.460 e. The Bertz CT molecular complexity index is 867. The zero-order valence-electron chi connectivity index (χ0n) is 14.4. The number of nitro benzene ring substituents is 1. The predicted octanol–water partition coefficient (Wildman–Crippen LogP) is 5.24. The maximum absolute atomic E-state index is 10.6. The molecule has 1 heterocycles. The fraction of sp³-hybridized carbons (Fsp3) is 0.158. The highest BCUT2D eigenvalue weighted by Crippen LogP contribution is 2.23. The van der Waals surface area contributed by atoms with Crippen LogP contribution in [-0.2, 0) is 6.54 Å². The fourth-order valence-electron chi connectivity index (χ4n) is 2.45. The molecule has 0 fully saturated rings. The second-order valence-corrected chi connectivity index (χ2v) is 6.60. The van der Waals surface area contributed by atoms with Crippen LogP contribution in [0.4, 0.5) is 11.4 Å². The standard InChI is InChI=1S/C19H18BrN3O3.ClH/c20-15-3-1-14(2-4-15)19-10-9-18(26-19)13-21-11-12-22-16-5-7-17(8-6-16)23(24)25;/h1-10,21-22H,11-13H2;1H. The lowest BCUT2D eigenvalue weighted by Crippen LogP contribution is -2.21. The lowest BCUT2D eigenvalue weighted by molar-refractivity contribution is -0.384. The molecule has 0 aliphatic rings. The summed E-state index contributed by atoms with van der Waals surface area (Å²) in [7, 11) is 0. The van der Waals surface area contributed by atoms with Gasteiger partial charge in [-0.1, -0.05) is 28.1 Å². The van der Waals surface area contributed by atoms with E-state index in [1.54, 1.807) is 12.1 Å². The molecule has 0 saturated heterocycles. The van der Waals surface area contributed by atoms with Crippen molar-refractivity contribution in [2.45, 2.75) is 6.54 Å². The van der Waals surface area contributed by atoms with Crippen molar-refractivity contribution in [3.05, 3.63) is 81.0 Å². The van der Waals surface area contributed by atoms with Crippen molar-refractivity contribution in [1.82, 2.24) is 5.32 Å². The molecule has 2 N–H and O–H groups in total. The van der Waals surface area contributed by atoms with E-state index in [0.717, 1.165) is 33.8 Å². The van der Waals surface area contributed by atoms with Gasteiger partial charge in [0, 0.05) is 40.9 Å². The van der Waals surface area contributed by atoms with Gasteiger partial charge in [0.2, 0.25) is 0 Å². The Morgan fingerprint density at radius 1 is 0.963 bits per heavy atom. The first-order valence-corrected chi connectivity index (χ1v) is 8.95. The molecule has 0 aliphatic heterocycles. The molecule has 2 aromatic carbocycles. The van der Waals surface area contributed by atoms with Crippen molar-refractivity contribution in [2.24, 2.45) is 0 Å². The van der Waals surface area contributed by atoms with E-state index in [0.29, 0.717) is 13.1 Å². The molecule has 0 radical (unpaired) electrons. The molecule has 3 rings (SSSR count). The quantitative estimate of drug-likeness (QED) is 0.277. The van der Waals surface area contributed by atoms with E-state index in [1.807, 2.05) is 36.4 Å². The summed E-state index contributed by atoms with van der Waals surface area (Å²) in [5.74, 6) is 1.72. The van der Waals surface area contributed by atoms with Gasteiger partial charge in [-0.25, -0.2) is 0 Å². The molecular formula is C19H19BrClN3O3. The zero-order valence-corrected chi connectivity index (χ0v) is 16.8. The van der Waals surface area contributed by atoms with Gasteiger partial charge in [0.05, 0.1) is 11.5 Å². The lowest BCUT2D eigenvalue weighted by Gasteiger charge is -2.07. The smallest absolute Gasteiger partial charge is 0.269 e. The number of hydrogen-bond acceptors (Lipinski definition) is 5. The van der Waals surface area contributed by atoms with Gasteiger partial charge in [0.1, 0.15) is 11.5 Å². The average Bonchev–Trinajstić information content (AvgIpc) is 3.11. The molecule has 0 saturated carbocycles. The number of rotatable bonds is 8. The SMILES string of the molecule is Cl.O=[N+]([O-])c1ccc(NCCNCc2ccc(-c3ccc(Br)cc3)o2)cc1. The van der Waals surface area contributed by atoms with Gasteiger partial charge in [0.25, 0.3) is 5.69 Å². The number of hydrogen-bond donors (Lipinski definition) is 2. The summed E-state index contributed by atoms with van der Waals surface area (Å²) in [5, 5.41) is 17.1. The van der Waals surface area contributed by atoms with Crippen LogP contribution in [0.2, 0.25) is 0 Å². The number of non-ortho nitro benzene ring substituents is 1. The van der Waals surface area contributed by atoms with Crippen LogP contribution in [0, 0.1) is 10.1 Å². The van der Waals surface area contributed by atoms with E-state index in [2.05, 4.69) is 26.6 Å². The first-order chi connectivity index (χ1) is 12.6. The zero-order chi connectivity index (χ0) is 18.4. The molecule has 6 nitrogen and oxygen atoms in total. The third-order valence-corrected chi connectivity index (χ3v) is 4.33. The van der Waals surface area contributed by atoms with Crippen LogP contribution in [-0.4, -0.2) is 18.0 Å². The molecule has 0 spiro atoms. The Kier molecular flexibility index (Phi) is 7.84. The number of nitro groups is 1. The largest absolute Gasteiger partial charge is 0.460 e. The number of halogens is 2. The van der Waals surface area contributed by atoms with Gasteiger partial charge in [-0.05, 0) is 36.4 Å². The number of furan rings is 1. The van der Waals surface area contributed by atoms with E-state index >= 15 is 0 Å². The van der Waals surface area contributed by atoms with Crippen molar-refractivity contribution in [2.75, 3.05) is 18.4 Å². The van der Waals surface area contributed by atoms with Gasteiger partial charge >= 0.3 is 0 Å². The summed E-state index contributed by atoms with van der Waals surface area (Å²) in [6, 6.07) is 18.3. The van der Waals surface area contributed by atoms with E-state index in [1.165, 1.54) is 12.1 Å². The van der Waals surface area contributed by atoms with Gasteiger partial charge in [-0.2, -0.15) is 0 Å². The second kappa shape index (κ2) is 10.1. The molecule has 3 aromatic rings. The summed E-state index contributed by atoms with van der Waals surface area (Å²) in [4.78, 5) is 10.2. The topological polar surface area (TPSA) is 80.3 Å². The van der Waals surface area contributed by atoms with E-state index < -0.39 is 4.92 Å². The van der Waals surface area contributed by atoms with Crippen molar-refractivity contribution >= 4 is 39.7 Å². The molecular weight excluding hydrogens is 434 g/mol. The van der Waals surface area contributed by atoms with Crippen LogP contribution in [0.1, 0.15) is 5.76 Å². The minimum absolute atomic E-state index is 0. The third-order valence-electron chi connectivity index (χ3n) is 3.80. The van der Waals surface area contributed by atoms with E-state index in [4.69, 9.17) is 4.42 Å². The Morgan fingerprint density at radius 2 is 1.67 bits per heavy atom. The van der Waals surface area contributed by atoms with Gasteiger partial charge in [-0.15, -0.1) is 12.4 Å². The Morgan fingerprint density at radius 3 is 2.33 bits per heavy atom. The molecule has 0 aliphatic carbocycles. The monoisotopic (exact) mass is 451 g/mol. The highest BCUT2D eigenvalue weighted by molar-refractivity contribution is 9.10. The third kappa shape index (κ3) is 6.09. The van der Waals surface area contributed by atoms with Crippen molar-refractivity contribution < 1.29 is 9.34 Å². The number of anilines is 1. The van der Waals surface area contributed by atoms with Gasteiger partial charge < -0.3 is 15.1 Å². The van der Waals surface area contributed by atoms with Crippen LogP contribution in [0.5, 0.6) is 0 Å². The first kappa shape index (κ1) is 21.0. The van der Waals surface area contributed by atoms with Crippen LogP contribution < -0.4 is 10.6 Å². The normalized spacial score (nSPS) is 10.3. The second-order valence-electron chi connectivity index (χ2n) is 5.68. The summed E-state index contributed by atoms with van der Waals surface area (Å²) in [6.07, 6.45) is 0. The van der Waals surface area contributed by atoms with Crippen molar-refractivity contribution in [3.63, 3.8) is 0 Å². The van der Waals surface area contributed by atoms with Crippen LogP contribution in [0.15, 0.2) is 69.6 Å². The molecule has 1 aromatic heterocycles. The first-order valence-electron chi connectivity index (χ1n) is 8.15. The fourth-order valence-corrected chi connectivity index (χ4v) is 2.71. The Labute approximate surface area is 171 Å². The molecule has 0 unspecified atom stereocenters. The van der Waals surface area contributed by atoms with Crippen LogP contribution in [0.25, 0.3) is 11.3 Å². The molecule has 0 bridgehead atoms. The van der Waals surface area contributed by atoms with E-state index in [9.17, 15) is 10.1 Å². The highest BCUT2D eigenvalue weighted by Gasteiger charge is 2.05. The predicted molar refractivity (Wildman–Crippen MR) is 112 cm³/mol. The lowest BCUT2D eigenvalue weighted by atomic mass is 10.2. The minimum atomic E-state index is -0.406. The molecule has 142 valence electrons. The molecule has 27 heavy (non-hydrogen) atoms. The highest BCUT2D eigenvalue weighted by atomic mass is 79.9. The van der Waals surface area contributed by atoms with Crippen LogP contribution >= 0.6 is 28.3 Å². The number of benzene rings is 2. The Hall–Kier alpha value is -2.35. The average molecular weight is 453 g/mol. The maximum Gasteiger partial charge on any atom is 0.269 e. The summed E-state index contributed by atoms with van der Waals surface area (Å²) >= 11 is 3.42. The van der Waals surface area contributed by atoms with Crippen molar-refractivity contribution in [1.29, 1.82) is 0 Å². The summed E-state index contributed by atoms with van der Waals surface area (Å²) in [5.41, 5.74) is 1.99. The van der Waals surface area contributed by atoms with Crippen LogP contribution in [0.3, 0.4) is 0 Å². The van der Waals surface area contributed by atoms with Crippen molar-refractivity contribution in [3.8, 4) is 11.3 Å². The summed E-state index contributed by atoms with van der Waals surface area (Å²) in [6.45, 7) is 2.09. The molecule has 8 heteroatoms. The van der Waals surface area contributed by atoms with Gasteiger partial charge in [-0.3, -0.25) is 10.1 Å².